The van der Waals surface area contributed by atoms with Crippen molar-refractivity contribution < 1.29 is 4.92 Å². The maximum atomic E-state index is 11.3. The summed E-state index contributed by atoms with van der Waals surface area (Å²) in [5.41, 5.74) is 7.30. The van der Waals surface area contributed by atoms with Crippen LogP contribution < -0.4 is 5.73 Å². The molecule has 0 fully saturated rings. The Morgan fingerprint density at radius 3 is 2.33 bits per heavy atom. The van der Waals surface area contributed by atoms with Crippen molar-refractivity contribution in [1.82, 2.24) is 9.78 Å². The molecule has 6 nitrogen and oxygen atoms in total. The van der Waals surface area contributed by atoms with Crippen LogP contribution in [0.5, 0.6) is 0 Å². The van der Waals surface area contributed by atoms with Gasteiger partial charge in [0.2, 0.25) is 0 Å². The molecule has 0 aromatic carbocycles. The zero-order chi connectivity index (χ0) is 14.0. The number of rotatable bonds is 5. The van der Waals surface area contributed by atoms with E-state index in [1.54, 1.807) is 11.7 Å². The van der Waals surface area contributed by atoms with E-state index in [1.165, 1.54) is 0 Å². The zero-order valence-corrected chi connectivity index (χ0v) is 11.7. The quantitative estimate of drug-likeness (QED) is 0.643. The molecule has 0 spiro atoms. The molecule has 0 aliphatic carbocycles. The number of hydrogen-bond acceptors (Lipinski definition) is 4. The van der Waals surface area contributed by atoms with E-state index in [1.807, 2.05) is 27.7 Å². The summed E-state index contributed by atoms with van der Waals surface area (Å²) in [7, 11) is 1.75. The highest BCUT2D eigenvalue weighted by molar-refractivity contribution is 5.44. The van der Waals surface area contributed by atoms with E-state index in [4.69, 9.17) is 5.73 Å². The molecular formula is C12H22N4O2. The van der Waals surface area contributed by atoms with Crippen molar-refractivity contribution >= 4 is 5.69 Å². The molecule has 1 heterocycles. The normalized spacial score (nSPS) is 14.8. The van der Waals surface area contributed by atoms with Crippen LogP contribution in [0.1, 0.15) is 45.0 Å². The van der Waals surface area contributed by atoms with Gasteiger partial charge in [-0.1, -0.05) is 20.8 Å². The van der Waals surface area contributed by atoms with Crippen LogP contribution in [-0.4, -0.2) is 20.7 Å². The van der Waals surface area contributed by atoms with E-state index < -0.39 is 0 Å². The van der Waals surface area contributed by atoms with Crippen molar-refractivity contribution in [2.75, 3.05) is 0 Å². The van der Waals surface area contributed by atoms with E-state index in [-0.39, 0.29) is 28.5 Å². The van der Waals surface area contributed by atoms with Gasteiger partial charge < -0.3 is 5.73 Å². The summed E-state index contributed by atoms with van der Waals surface area (Å²) in [6.45, 7) is 7.80. The topological polar surface area (TPSA) is 87.0 Å². The van der Waals surface area contributed by atoms with Gasteiger partial charge in [0.1, 0.15) is 11.4 Å². The molecule has 2 unspecified atom stereocenters. The van der Waals surface area contributed by atoms with Crippen LogP contribution in [0.2, 0.25) is 0 Å². The van der Waals surface area contributed by atoms with Gasteiger partial charge in [0.25, 0.3) is 0 Å². The lowest BCUT2D eigenvalue weighted by molar-refractivity contribution is -0.386. The highest BCUT2D eigenvalue weighted by Crippen LogP contribution is 2.35. The van der Waals surface area contributed by atoms with Crippen LogP contribution in [0.15, 0.2) is 0 Å². The van der Waals surface area contributed by atoms with Gasteiger partial charge in [-0.3, -0.25) is 14.8 Å². The van der Waals surface area contributed by atoms with Gasteiger partial charge in [0, 0.05) is 19.0 Å². The van der Waals surface area contributed by atoms with Gasteiger partial charge in [-0.05, 0) is 19.3 Å². The fraction of sp³-hybridized carbons (Fsp3) is 0.750. The number of nitro groups is 1. The van der Waals surface area contributed by atoms with Crippen LogP contribution >= 0.6 is 0 Å². The second kappa shape index (κ2) is 5.48. The van der Waals surface area contributed by atoms with Crippen molar-refractivity contribution in [3.05, 3.63) is 21.5 Å². The Balaban J connectivity index is 3.46. The Morgan fingerprint density at radius 2 is 2.00 bits per heavy atom. The third-order valence-corrected chi connectivity index (χ3v) is 3.25. The molecule has 18 heavy (non-hydrogen) atoms. The number of nitrogens with two attached hydrogens (primary N) is 1. The summed E-state index contributed by atoms with van der Waals surface area (Å²) in [5, 5.41) is 15.5. The average molecular weight is 254 g/mol. The van der Waals surface area contributed by atoms with Crippen LogP contribution in [0, 0.1) is 16.0 Å². The summed E-state index contributed by atoms with van der Waals surface area (Å²) in [6.07, 6.45) is 0.550. The minimum Gasteiger partial charge on any atom is -0.327 e. The van der Waals surface area contributed by atoms with E-state index >= 15 is 0 Å². The predicted molar refractivity (Wildman–Crippen MR) is 70.5 cm³/mol. The first-order valence-electron chi connectivity index (χ1n) is 6.26. The molecule has 102 valence electrons. The first-order valence-corrected chi connectivity index (χ1v) is 6.26. The predicted octanol–water partition coefficient (Wildman–Crippen LogP) is 1.98. The highest BCUT2D eigenvalue weighted by Gasteiger charge is 2.34. The van der Waals surface area contributed by atoms with Crippen molar-refractivity contribution in [2.24, 2.45) is 18.7 Å². The minimum absolute atomic E-state index is 0.0665. The van der Waals surface area contributed by atoms with E-state index in [0.29, 0.717) is 17.8 Å². The molecule has 1 aromatic rings. The van der Waals surface area contributed by atoms with Gasteiger partial charge >= 0.3 is 5.69 Å². The van der Waals surface area contributed by atoms with Gasteiger partial charge in [-0.15, -0.1) is 0 Å². The van der Waals surface area contributed by atoms with Crippen molar-refractivity contribution in [1.29, 1.82) is 0 Å². The maximum Gasteiger partial charge on any atom is 0.313 e. The molecule has 2 N–H and O–H groups in total. The third kappa shape index (κ3) is 2.53. The molecule has 0 saturated carbocycles. The molecule has 0 aliphatic heterocycles. The third-order valence-electron chi connectivity index (χ3n) is 3.25. The standard InChI is InChI=1S/C12H22N4O2/c1-6-9-11(16(17)18)12(15(5)14-9)10(7(2)3)8(4)13/h7-8,10H,6,13H2,1-5H3. The first-order chi connectivity index (χ1) is 8.31. The number of nitrogens with zero attached hydrogens (tertiary/aromatic N) is 3. The lowest BCUT2D eigenvalue weighted by Gasteiger charge is -2.24. The van der Waals surface area contributed by atoms with Crippen molar-refractivity contribution in [2.45, 2.75) is 46.1 Å². The van der Waals surface area contributed by atoms with E-state index in [2.05, 4.69) is 5.10 Å². The molecule has 0 saturated heterocycles. The molecule has 0 aliphatic rings. The Kier molecular flexibility index (Phi) is 4.45. The van der Waals surface area contributed by atoms with Gasteiger partial charge in [-0.2, -0.15) is 5.10 Å². The average Bonchev–Trinajstić information content (AvgIpc) is 2.55. The van der Waals surface area contributed by atoms with Crippen LogP contribution in [-0.2, 0) is 13.5 Å². The lowest BCUT2D eigenvalue weighted by Crippen LogP contribution is -2.30. The zero-order valence-electron chi connectivity index (χ0n) is 11.7. The number of aryl methyl sites for hydroxylation is 2. The largest absolute Gasteiger partial charge is 0.327 e. The molecule has 0 radical (unpaired) electrons. The Morgan fingerprint density at radius 1 is 1.44 bits per heavy atom. The van der Waals surface area contributed by atoms with E-state index in [0.717, 1.165) is 0 Å². The summed E-state index contributed by atoms with van der Waals surface area (Å²) in [6, 6.07) is -0.149. The van der Waals surface area contributed by atoms with Crippen LogP contribution in [0.3, 0.4) is 0 Å². The molecule has 0 amide bonds. The fourth-order valence-corrected chi connectivity index (χ4v) is 2.57. The fourth-order valence-electron chi connectivity index (χ4n) is 2.57. The summed E-state index contributed by atoms with van der Waals surface area (Å²) in [5.74, 6) is 0.159. The Hall–Kier alpha value is -1.43. The van der Waals surface area contributed by atoms with Crippen LogP contribution in [0.4, 0.5) is 5.69 Å². The summed E-state index contributed by atoms with van der Waals surface area (Å²) >= 11 is 0. The molecule has 0 bridgehead atoms. The summed E-state index contributed by atoms with van der Waals surface area (Å²) < 4.78 is 1.62. The van der Waals surface area contributed by atoms with Crippen molar-refractivity contribution in [3.8, 4) is 0 Å². The molecular weight excluding hydrogens is 232 g/mol. The first kappa shape index (κ1) is 14.6. The number of aromatic nitrogens is 2. The van der Waals surface area contributed by atoms with Crippen molar-refractivity contribution in [3.63, 3.8) is 0 Å². The monoisotopic (exact) mass is 254 g/mol. The lowest BCUT2D eigenvalue weighted by atomic mass is 9.85. The minimum atomic E-state index is -0.334. The second-order valence-electron chi connectivity index (χ2n) is 5.04. The van der Waals surface area contributed by atoms with Gasteiger partial charge in [0.05, 0.1) is 4.92 Å². The van der Waals surface area contributed by atoms with Gasteiger partial charge in [0.15, 0.2) is 0 Å². The Labute approximate surface area is 107 Å². The molecule has 1 rings (SSSR count). The maximum absolute atomic E-state index is 11.3. The Bertz CT molecular complexity index is 430. The highest BCUT2D eigenvalue weighted by atomic mass is 16.6. The van der Waals surface area contributed by atoms with E-state index in [9.17, 15) is 10.1 Å². The second-order valence-corrected chi connectivity index (χ2v) is 5.04. The van der Waals surface area contributed by atoms with Gasteiger partial charge in [-0.25, -0.2) is 0 Å². The van der Waals surface area contributed by atoms with Crippen LogP contribution in [0.25, 0.3) is 0 Å². The molecule has 1 aromatic heterocycles. The summed E-state index contributed by atoms with van der Waals surface area (Å²) in [4.78, 5) is 10.9. The number of hydrogen-bond donors (Lipinski definition) is 1. The SMILES string of the molecule is CCc1nn(C)c(C(C(C)C)C(C)N)c1[N+](=O)[O-]. The molecule has 2 atom stereocenters. The molecule has 6 heteroatoms. The smallest absolute Gasteiger partial charge is 0.313 e.